The molecule has 0 unspecified atom stereocenters. The van der Waals surface area contributed by atoms with E-state index < -0.39 is 11.5 Å². The van der Waals surface area contributed by atoms with Crippen LogP contribution < -0.4 is 5.32 Å². The van der Waals surface area contributed by atoms with Gasteiger partial charge in [0, 0.05) is 51.5 Å². The van der Waals surface area contributed by atoms with E-state index in [4.69, 9.17) is 5.11 Å². The fourth-order valence-corrected chi connectivity index (χ4v) is 4.24. The summed E-state index contributed by atoms with van der Waals surface area (Å²) in [4.78, 5) is 39.2. The molecule has 0 radical (unpaired) electrons. The van der Waals surface area contributed by atoms with Gasteiger partial charge in [0.2, 0.25) is 11.8 Å². The van der Waals surface area contributed by atoms with Crippen molar-refractivity contribution in [1.29, 1.82) is 0 Å². The monoisotopic (exact) mass is 387 g/mol. The van der Waals surface area contributed by atoms with E-state index in [-0.39, 0.29) is 18.2 Å². The van der Waals surface area contributed by atoms with Gasteiger partial charge in [0.05, 0.1) is 0 Å². The van der Waals surface area contributed by atoms with Crippen LogP contribution in [0.5, 0.6) is 0 Å². The van der Waals surface area contributed by atoms with Gasteiger partial charge in [-0.2, -0.15) is 0 Å². The van der Waals surface area contributed by atoms with Gasteiger partial charge in [0.15, 0.2) is 0 Å². The molecule has 152 valence electrons. The van der Waals surface area contributed by atoms with E-state index in [9.17, 15) is 14.4 Å². The van der Waals surface area contributed by atoms with Crippen LogP contribution in [-0.4, -0.2) is 52.3 Å². The lowest BCUT2D eigenvalue weighted by molar-refractivity contribution is -0.137. The van der Waals surface area contributed by atoms with Gasteiger partial charge in [-0.05, 0) is 43.0 Å². The van der Waals surface area contributed by atoms with Crippen LogP contribution in [0.4, 0.5) is 0 Å². The number of benzene rings is 1. The van der Waals surface area contributed by atoms with Gasteiger partial charge in [-0.25, -0.2) is 0 Å². The minimum atomic E-state index is -0.883. The number of nitrogens with zero attached hydrogens (tertiary/aromatic N) is 2. The van der Waals surface area contributed by atoms with Crippen molar-refractivity contribution in [3.8, 4) is 0 Å². The Kier molecular flexibility index (Phi) is 6.03. The van der Waals surface area contributed by atoms with Gasteiger partial charge in [-0.1, -0.05) is 18.2 Å². The molecule has 1 atom stereocenters. The smallest absolute Gasteiger partial charge is 0.303 e. The number of hydrogen-bond donors (Lipinski definition) is 2. The lowest BCUT2D eigenvalue weighted by Gasteiger charge is -2.29. The van der Waals surface area contributed by atoms with Crippen molar-refractivity contribution < 1.29 is 19.5 Å². The number of carboxylic acid groups (broad SMARTS) is 1. The standard InChI is InChI=1S/C21H29N3O4/c1-23-13-16-4-3-15(11-17(16)14-23)12-24(2)19(26)6-9-21(10-7-20(27)28)8-5-18(25)22-21/h3-4,11H,5-10,12-14H2,1-2H3,(H,22,25)(H,27,28)/t21-/m0/s1. The van der Waals surface area contributed by atoms with Gasteiger partial charge in [-0.3, -0.25) is 19.3 Å². The molecule has 1 aromatic carbocycles. The molecule has 28 heavy (non-hydrogen) atoms. The Bertz CT molecular complexity index is 779. The largest absolute Gasteiger partial charge is 0.481 e. The van der Waals surface area contributed by atoms with Crippen LogP contribution in [0, 0.1) is 0 Å². The van der Waals surface area contributed by atoms with Crippen molar-refractivity contribution in [3.05, 3.63) is 34.9 Å². The van der Waals surface area contributed by atoms with Crippen molar-refractivity contribution in [2.45, 2.75) is 63.7 Å². The number of carbonyl (C=O) groups excluding carboxylic acids is 2. The summed E-state index contributed by atoms with van der Waals surface area (Å²) in [6.45, 7) is 2.45. The number of amides is 2. The van der Waals surface area contributed by atoms with E-state index >= 15 is 0 Å². The zero-order valence-corrected chi connectivity index (χ0v) is 16.7. The van der Waals surface area contributed by atoms with Gasteiger partial charge in [-0.15, -0.1) is 0 Å². The molecular weight excluding hydrogens is 358 g/mol. The maximum absolute atomic E-state index is 12.6. The summed E-state index contributed by atoms with van der Waals surface area (Å²) < 4.78 is 0. The molecule has 7 heteroatoms. The topological polar surface area (TPSA) is 90.0 Å². The van der Waals surface area contributed by atoms with Crippen LogP contribution in [0.1, 0.15) is 55.2 Å². The Balaban J connectivity index is 1.55. The Hall–Kier alpha value is -2.41. The van der Waals surface area contributed by atoms with Crippen LogP contribution in [0.2, 0.25) is 0 Å². The molecule has 3 rings (SSSR count). The molecule has 7 nitrogen and oxygen atoms in total. The molecule has 0 spiro atoms. The average molecular weight is 387 g/mol. The number of carbonyl (C=O) groups is 3. The highest BCUT2D eigenvalue weighted by Gasteiger charge is 2.38. The summed E-state index contributed by atoms with van der Waals surface area (Å²) in [6, 6.07) is 6.39. The van der Waals surface area contributed by atoms with Crippen molar-refractivity contribution in [2.24, 2.45) is 0 Å². The molecule has 1 saturated heterocycles. The number of aliphatic carboxylic acids is 1. The molecule has 0 aliphatic carbocycles. The van der Waals surface area contributed by atoms with E-state index in [1.807, 2.05) is 0 Å². The fraction of sp³-hybridized carbons (Fsp3) is 0.571. The SMILES string of the molecule is CN1Cc2ccc(CN(C)C(=O)CC[C@]3(CCC(=O)O)CCC(=O)N3)cc2C1. The quantitative estimate of drug-likeness (QED) is 0.711. The number of fused-ring (bicyclic) bond motifs is 1. The second-order valence-electron chi connectivity index (χ2n) is 8.25. The Morgan fingerprint density at radius 2 is 1.93 bits per heavy atom. The second-order valence-corrected chi connectivity index (χ2v) is 8.25. The first kappa shape index (κ1) is 20.3. The zero-order valence-electron chi connectivity index (χ0n) is 16.7. The lowest BCUT2D eigenvalue weighted by Crippen LogP contribution is -2.43. The first-order valence-electron chi connectivity index (χ1n) is 9.82. The molecular formula is C21H29N3O4. The predicted molar refractivity (Wildman–Crippen MR) is 104 cm³/mol. The van der Waals surface area contributed by atoms with Gasteiger partial charge >= 0.3 is 5.97 Å². The highest BCUT2D eigenvalue weighted by atomic mass is 16.4. The first-order valence-corrected chi connectivity index (χ1v) is 9.82. The molecule has 0 saturated carbocycles. The summed E-state index contributed by atoms with van der Waals surface area (Å²) in [5.74, 6) is -0.936. The van der Waals surface area contributed by atoms with Crippen molar-refractivity contribution in [3.63, 3.8) is 0 Å². The molecule has 2 amide bonds. The molecule has 2 aliphatic heterocycles. The Morgan fingerprint density at radius 3 is 2.61 bits per heavy atom. The molecule has 2 heterocycles. The van der Waals surface area contributed by atoms with Crippen LogP contribution in [0.25, 0.3) is 0 Å². The van der Waals surface area contributed by atoms with E-state index in [0.717, 1.165) is 18.7 Å². The maximum Gasteiger partial charge on any atom is 0.303 e. The Labute approximate surface area is 165 Å². The summed E-state index contributed by atoms with van der Waals surface area (Å²) in [7, 11) is 3.89. The minimum absolute atomic E-state index is 0.00607. The van der Waals surface area contributed by atoms with Gasteiger partial charge < -0.3 is 15.3 Å². The predicted octanol–water partition coefficient (Wildman–Crippen LogP) is 1.88. The molecule has 1 fully saturated rings. The van der Waals surface area contributed by atoms with Gasteiger partial charge in [0.1, 0.15) is 0 Å². The van der Waals surface area contributed by atoms with E-state index in [2.05, 4.69) is 35.5 Å². The summed E-state index contributed by atoms with van der Waals surface area (Å²) >= 11 is 0. The molecule has 1 aromatic rings. The van der Waals surface area contributed by atoms with Crippen LogP contribution in [0.15, 0.2) is 18.2 Å². The zero-order chi connectivity index (χ0) is 20.3. The first-order chi connectivity index (χ1) is 13.3. The van der Waals surface area contributed by atoms with E-state index in [1.54, 1.807) is 11.9 Å². The highest BCUT2D eigenvalue weighted by molar-refractivity contribution is 5.80. The molecule has 2 aliphatic rings. The third kappa shape index (κ3) is 4.90. The third-order valence-corrected chi connectivity index (χ3v) is 5.87. The van der Waals surface area contributed by atoms with Gasteiger partial charge in [0.25, 0.3) is 0 Å². The number of nitrogens with one attached hydrogen (secondary N) is 1. The molecule has 2 N–H and O–H groups in total. The minimum Gasteiger partial charge on any atom is -0.481 e. The van der Waals surface area contributed by atoms with Crippen LogP contribution in [0.3, 0.4) is 0 Å². The second kappa shape index (κ2) is 8.31. The number of rotatable bonds is 8. The number of hydrogen-bond acceptors (Lipinski definition) is 4. The van der Waals surface area contributed by atoms with E-state index in [1.165, 1.54) is 11.1 Å². The number of carboxylic acids is 1. The molecule has 0 aromatic heterocycles. The normalized spacial score (nSPS) is 21.4. The highest BCUT2D eigenvalue weighted by Crippen LogP contribution is 2.30. The fourth-order valence-electron chi connectivity index (χ4n) is 4.24. The Morgan fingerprint density at radius 1 is 1.21 bits per heavy atom. The summed E-state index contributed by atoms with van der Waals surface area (Å²) in [5, 5.41) is 11.9. The van der Waals surface area contributed by atoms with Crippen LogP contribution in [-0.2, 0) is 34.0 Å². The maximum atomic E-state index is 12.6. The van der Waals surface area contributed by atoms with Crippen molar-refractivity contribution >= 4 is 17.8 Å². The average Bonchev–Trinajstić information content (AvgIpc) is 3.19. The van der Waals surface area contributed by atoms with Crippen molar-refractivity contribution in [1.82, 2.24) is 15.1 Å². The summed E-state index contributed by atoms with van der Waals surface area (Å²) in [5.41, 5.74) is 3.21. The molecule has 0 bridgehead atoms. The third-order valence-electron chi connectivity index (χ3n) is 5.87. The van der Waals surface area contributed by atoms with E-state index in [0.29, 0.717) is 38.6 Å². The summed E-state index contributed by atoms with van der Waals surface area (Å²) in [6.07, 6.45) is 2.12. The van der Waals surface area contributed by atoms with Crippen LogP contribution >= 0.6 is 0 Å². The lowest BCUT2D eigenvalue weighted by atomic mass is 9.86. The van der Waals surface area contributed by atoms with Crippen molar-refractivity contribution in [2.75, 3.05) is 14.1 Å².